The second kappa shape index (κ2) is 6.32. The first-order valence-corrected chi connectivity index (χ1v) is 8.59. The maximum absolute atomic E-state index is 12.1. The van der Waals surface area contributed by atoms with Crippen LogP contribution in [0.15, 0.2) is 0 Å². The Balaban J connectivity index is 1.89. The van der Waals surface area contributed by atoms with Crippen molar-refractivity contribution < 1.29 is 13.2 Å². The summed E-state index contributed by atoms with van der Waals surface area (Å²) in [6.07, 6.45) is 6.74. The van der Waals surface area contributed by atoms with E-state index in [0.717, 1.165) is 44.9 Å². The Morgan fingerprint density at radius 3 is 2.61 bits per heavy atom. The van der Waals surface area contributed by atoms with Gasteiger partial charge in [-0.15, -0.1) is 0 Å². The van der Waals surface area contributed by atoms with Crippen molar-refractivity contribution >= 4 is 10.0 Å². The Morgan fingerprint density at radius 2 is 1.89 bits per heavy atom. The fourth-order valence-corrected chi connectivity index (χ4v) is 4.38. The van der Waals surface area contributed by atoms with Gasteiger partial charge in [-0.2, -0.15) is 0 Å². The maximum atomic E-state index is 12.1. The van der Waals surface area contributed by atoms with Gasteiger partial charge in [-0.1, -0.05) is 19.3 Å². The van der Waals surface area contributed by atoms with E-state index in [9.17, 15) is 8.42 Å². The lowest BCUT2D eigenvalue weighted by Crippen LogP contribution is -2.48. The zero-order valence-electron chi connectivity index (χ0n) is 10.8. The fraction of sp³-hybridized carbons (Fsp3) is 1.00. The van der Waals surface area contributed by atoms with Crippen molar-refractivity contribution in [2.45, 2.75) is 63.1 Å². The van der Waals surface area contributed by atoms with Crippen molar-refractivity contribution in [1.29, 1.82) is 0 Å². The minimum Gasteiger partial charge on any atom is -0.377 e. The van der Waals surface area contributed by atoms with E-state index in [1.165, 1.54) is 0 Å². The molecule has 0 radical (unpaired) electrons. The summed E-state index contributed by atoms with van der Waals surface area (Å²) in [6, 6.07) is -0.148. The van der Waals surface area contributed by atoms with Crippen LogP contribution < -0.4 is 10.5 Å². The molecule has 0 bridgehead atoms. The molecule has 3 N–H and O–H groups in total. The van der Waals surface area contributed by atoms with E-state index in [0.29, 0.717) is 6.61 Å². The summed E-state index contributed by atoms with van der Waals surface area (Å²) in [5.74, 6) is 0.0796. The molecule has 0 aromatic rings. The van der Waals surface area contributed by atoms with Gasteiger partial charge in [0.05, 0.1) is 11.9 Å². The molecule has 1 aliphatic carbocycles. The molecule has 1 aliphatic heterocycles. The van der Waals surface area contributed by atoms with Gasteiger partial charge >= 0.3 is 0 Å². The van der Waals surface area contributed by atoms with Crippen molar-refractivity contribution in [3.63, 3.8) is 0 Å². The third kappa shape index (κ3) is 4.19. The second-order valence-electron chi connectivity index (χ2n) is 5.44. The number of nitrogens with two attached hydrogens (primary N) is 1. The molecule has 1 saturated carbocycles. The van der Waals surface area contributed by atoms with Crippen molar-refractivity contribution in [2.75, 3.05) is 12.4 Å². The minimum absolute atomic E-state index is 0.0493. The number of ether oxygens (including phenoxy) is 1. The fourth-order valence-electron chi connectivity index (χ4n) is 2.78. The molecule has 0 amide bonds. The van der Waals surface area contributed by atoms with Crippen LogP contribution in [0.3, 0.4) is 0 Å². The van der Waals surface area contributed by atoms with Gasteiger partial charge in [-0.3, -0.25) is 0 Å². The first-order valence-electron chi connectivity index (χ1n) is 6.94. The smallest absolute Gasteiger partial charge is 0.214 e. The molecular formula is C12H24N2O3S. The van der Waals surface area contributed by atoms with Crippen LogP contribution in [0.4, 0.5) is 0 Å². The summed E-state index contributed by atoms with van der Waals surface area (Å²) in [5.41, 5.74) is 6.04. The zero-order valence-corrected chi connectivity index (χ0v) is 11.6. The van der Waals surface area contributed by atoms with Gasteiger partial charge in [0, 0.05) is 18.7 Å². The largest absolute Gasteiger partial charge is 0.377 e. The number of hydrogen-bond donors (Lipinski definition) is 2. The first-order chi connectivity index (χ1) is 8.57. The summed E-state index contributed by atoms with van der Waals surface area (Å²) < 4.78 is 32.3. The summed E-state index contributed by atoms with van der Waals surface area (Å²) in [5, 5.41) is 0. The molecule has 2 rings (SSSR count). The van der Waals surface area contributed by atoms with E-state index < -0.39 is 10.0 Å². The predicted octanol–water partition coefficient (Wildman–Crippen LogP) is 0.745. The van der Waals surface area contributed by atoms with Gasteiger partial charge in [0.2, 0.25) is 10.0 Å². The Morgan fingerprint density at radius 1 is 1.11 bits per heavy atom. The summed E-state index contributed by atoms with van der Waals surface area (Å²) in [4.78, 5) is 0. The monoisotopic (exact) mass is 276 g/mol. The maximum Gasteiger partial charge on any atom is 0.214 e. The standard InChI is InChI=1S/C12H24N2O3S/c13-11-6-2-1-3-7-12(11)14-18(15,16)9-10-5-4-8-17-10/h10-12,14H,1-9,13H2. The lowest BCUT2D eigenvalue weighted by Gasteiger charge is -2.23. The average Bonchev–Trinajstić information content (AvgIpc) is 2.70. The molecule has 1 saturated heterocycles. The topological polar surface area (TPSA) is 81.4 Å². The van der Waals surface area contributed by atoms with Gasteiger partial charge in [-0.05, 0) is 25.7 Å². The normalized spacial score (nSPS) is 34.4. The van der Waals surface area contributed by atoms with Crippen molar-refractivity contribution in [3.05, 3.63) is 0 Å². The summed E-state index contributed by atoms with van der Waals surface area (Å²) in [6.45, 7) is 0.684. The number of rotatable bonds is 4. The molecule has 2 aliphatic rings. The highest BCUT2D eigenvalue weighted by molar-refractivity contribution is 7.89. The van der Waals surface area contributed by atoms with Crippen LogP contribution in [-0.2, 0) is 14.8 Å². The van der Waals surface area contributed by atoms with Gasteiger partial charge in [0.15, 0.2) is 0 Å². The Bertz CT molecular complexity index is 352. The van der Waals surface area contributed by atoms with E-state index in [4.69, 9.17) is 10.5 Å². The molecule has 3 unspecified atom stereocenters. The Kier molecular flexibility index (Phi) is 5.00. The van der Waals surface area contributed by atoms with E-state index in [1.54, 1.807) is 0 Å². The highest BCUT2D eigenvalue weighted by Gasteiger charge is 2.28. The van der Waals surface area contributed by atoms with Crippen molar-refractivity contribution in [3.8, 4) is 0 Å². The Labute approximate surface area is 110 Å². The lowest BCUT2D eigenvalue weighted by molar-refractivity contribution is 0.127. The van der Waals surface area contributed by atoms with Crippen LogP contribution in [0.5, 0.6) is 0 Å². The predicted molar refractivity (Wildman–Crippen MR) is 70.7 cm³/mol. The van der Waals surface area contributed by atoms with Crippen molar-refractivity contribution in [2.24, 2.45) is 5.73 Å². The third-order valence-corrected chi connectivity index (χ3v) is 5.30. The quantitative estimate of drug-likeness (QED) is 0.742. The number of hydrogen-bond acceptors (Lipinski definition) is 4. The summed E-state index contributed by atoms with van der Waals surface area (Å²) >= 11 is 0. The number of sulfonamides is 1. The van der Waals surface area contributed by atoms with Crippen LogP contribution in [0, 0.1) is 0 Å². The van der Waals surface area contributed by atoms with Crippen LogP contribution >= 0.6 is 0 Å². The van der Waals surface area contributed by atoms with Gasteiger partial charge < -0.3 is 10.5 Å². The van der Waals surface area contributed by atoms with E-state index >= 15 is 0 Å². The minimum atomic E-state index is -3.27. The molecule has 18 heavy (non-hydrogen) atoms. The van der Waals surface area contributed by atoms with Crippen LogP contribution in [0.25, 0.3) is 0 Å². The van der Waals surface area contributed by atoms with E-state index in [1.807, 2.05) is 0 Å². The molecule has 6 heteroatoms. The molecule has 5 nitrogen and oxygen atoms in total. The highest BCUT2D eigenvalue weighted by Crippen LogP contribution is 2.19. The lowest BCUT2D eigenvalue weighted by atomic mass is 10.1. The van der Waals surface area contributed by atoms with Gasteiger partial charge in [0.25, 0.3) is 0 Å². The highest BCUT2D eigenvalue weighted by atomic mass is 32.2. The second-order valence-corrected chi connectivity index (χ2v) is 7.24. The molecule has 106 valence electrons. The first kappa shape index (κ1) is 14.2. The van der Waals surface area contributed by atoms with Crippen molar-refractivity contribution in [1.82, 2.24) is 4.72 Å². The molecule has 0 aromatic heterocycles. The SMILES string of the molecule is NC1CCCCCC1NS(=O)(=O)CC1CCCO1. The molecule has 0 aromatic carbocycles. The van der Waals surface area contributed by atoms with Crippen LogP contribution in [0.1, 0.15) is 44.9 Å². The summed E-state index contributed by atoms with van der Waals surface area (Å²) in [7, 11) is -3.27. The molecule has 2 fully saturated rings. The van der Waals surface area contributed by atoms with Gasteiger partial charge in [0.1, 0.15) is 0 Å². The van der Waals surface area contributed by atoms with Crippen LogP contribution in [0.2, 0.25) is 0 Å². The zero-order chi connectivity index (χ0) is 13.0. The molecule has 1 heterocycles. The average molecular weight is 276 g/mol. The van der Waals surface area contributed by atoms with Crippen LogP contribution in [-0.4, -0.2) is 39.0 Å². The number of nitrogens with one attached hydrogen (secondary N) is 1. The Hall–Kier alpha value is -0.170. The molecule has 0 spiro atoms. The van der Waals surface area contributed by atoms with E-state index in [2.05, 4.69) is 4.72 Å². The third-order valence-electron chi connectivity index (χ3n) is 3.83. The molecular weight excluding hydrogens is 252 g/mol. The van der Waals surface area contributed by atoms with Gasteiger partial charge in [-0.25, -0.2) is 13.1 Å². The van der Waals surface area contributed by atoms with E-state index in [-0.39, 0.29) is 23.9 Å². The molecule has 3 atom stereocenters.